The Hall–Kier alpha value is -2.65. The van der Waals surface area contributed by atoms with Gasteiger partial charge in [0.1, 0.15) is 0 Å². The quantitative estimate of drug-likeness (QED) is 0.472. The lowest BCUT2D eigenvalue weighted by molar-refractivity contribution is 0.0978. The van der Waals surface area contributed by atoms with E-state index in [9.17, 15) is 4.79 Å². The Morgan fingerprint density at radius 3 is 2.58 bits per heavy atom. The number of benzene rings is 2. The molecule has 0 radical (unpaired) electrons. The molecule has 2 heterocycles. The number of carbonyl (C=O) groups is 1. The zero-order chi connectivity index (χ0) is 16.4. The largest absolute Gasteiger partial charge is 0.361 e. The summed E-state index contributed by atoms with van der Waals surface area (Å²) in [6.45, 7) is 0. The fourth-order valence-electron chi connectivity index (χ4n) is 3.19. The molecule has 0 bridgehead atoms. The van der Waals surface area contributed by atoms with Crippen LogP contribution in [0.2, 0.25) is 0 Å². The number of para-hydroxylation sites is 1. The van der Waals surface area contributed by atoms with Crippen molar-refractivity contribution in [2.75, 3.05) is 0 Å². The summed E-state index contributed by atoms with van der Waals surface area (Å²) in [6.07, 6.45) is 2.52. The summed E-state index contributed by atoms with van der Waals surface area (Å²) in [7, 11) is 0. The Bertz CT molecular complexity index is 954. The van der Waals surface area contributed by atoms with Gasteiger partial charge in [-0.1, -0.05) is 48.5 Å². The Kier molecular flexibility index (Phi) is 4.01. The van der Waals surface area contributed by atoms with E-state index in [-0.39, 0.29) is 11.7 Å². The number of fused-ring (bicyclic) bond motifs is 1. The number of hydrogen-bond acceptors (Lipinski definition) is 2. The van der Waals surface area contributed by atoms with Crippen LogP contribution >= 0.6 is 11.3 Å². The number of aromatic nitrogens is 1. The van der Waals surface area contributed by atoms with E-state index in [2.05, 4.69) is 33.9 Å². The summed E-state index contributed by atoms with van der Waals surface area (Å²) in [5, 5.41) is 5.41. The molecule has 0 aliphatic heterocycles. The number of ketones is 1. The molecule has 118 valence electrons. The molecule has 0 spiro atoms. The van der Waals surface area contributed by atoms with Crippen molar-refractivity contribution in [3.63, 3.8) is 0 Å². The minimum absolute atomic E-state index is 0.0695. The zero-order valence-electron chi connectivity index (χ0n) is 13.1. The van der Waals surface area contributed by atoms with E-state index in [1.54, 1.807) is 11.3 Å². The predicted octanol–water partition coefficient (Wildman–Crippen LogP) is 5.63. The molecule has 4 aromatic rings. The van der Waals surface area contributed by atoms with Crippen molar-refractivity contribution in [2.45, 2.75) is 12.3 Å². The summed E-state index contributed by atoms with van der Waals surface area (Å²) in [4.78, 5) is 16.1. The van der Waals surface area contributed by atoms with Crippen molar-refractivity contribution in [1.82, 2.24) is 4.98 Å². The Morgan fingerprint density at radius 2 is 1.79 bits per heavy atom. The molecule has 2 nitrogen and oxygen atoms in total. The molecular weight excluding hydrogens is 314 g/mol. The third-order valence-electron chi connectivity index (χ3n) is 4.43. The van der Waals surface area contributed by atoms with Crippen molar-refractivity contribution in [3.8, 4) is 0 Å². The molecule has 1 atom stereocenters. The van der Waals surface area contributed by atoms with Gasteiger partial charge in [-0.2, -0.15) is 11.3 Å². The monoisotopic (exact) mass is 331 g/mol. The topological polar surface area (TPSA) is 32.9 Å². The molecule has 0 aliphatic rings. The third-order valence-corrected chi connectivity index (χ3v) is 5.13. The fraction of sp³-hybridized carbons (Fsp3) is 0.0952. The van der Waals surface area contributed by atoms with E-state index in [0.717, 1.165) is 11.1 Å². The van der Waals surface area contributed by atoms with Gasteiger partial charge in [0.25, 0.3) is 0 Å². The summed E-state index contributed by atoms with van der Waals surface area (Å²) in [5.41, 5.74) is 4.28. The van der Waals surface area contributed by atoms with E-state index >= 15 is 0 Å². The number of nitrogens with one attached hydrogen (secondary N) is 1. The maximum absolute atomic E-state index is 12.8. The van der Waals surface area contributed by atoms with E-state index in [1.807, 2.05) is 48.7 Å². The number of hydrogen-bond donors (Lipinski definition) is 1. The first-order valence-electron chi connectivity index (χ1n) is 7.99. The van der Waals surface area contributed by atoms with Crippen molar-refractivity contribution in [3.05, 3.63) is 94.3 Å². The number of rotatable bonds is 5. The zero-order valence-corrected chi connectivity index (χ0v) is 13.9. The standard InChI is InChI=1S/C21H17NOS/c23-21(15-6-2-1-3-7-15)12-18(16-10-11-24-14-16)19-13-22-20-9-5-4-8-17(19)20/h1-11,13-14,18,22H,12H2. The molecule has 2 aromatic carbocycles. The highest BCUT2D eigenvalue weighted by Crippen LogP contribution is 2.35. The Morgan fingerprint density at radius 1 is 1.00 bits per heavy atom. The Labute approximate surface area is 144 Å². The number of thiophene rings is 1. The first kappa shape index (κ1) is 14.9. The number of carbonyl (C=O) groups excluding carboxylic acids is 1. The summed E-state index contributed by atoms with van der Waals surface area (Å²) < 4.78 is 0. The van der Waals surface area contributed by atoms with Crippen LogP contribution in [0.3, 0.4) is 0 Å². The van der Waals surface area contributed by atoms with Crippen LogP contribution in [-0.4, -0.2) is 10.8 Å². The molecule has 0 amide bonds. The van der Waals surface area contributed by atoms with E-state index in [0.29, 0.717) is 6.42 Å². The lowest BCUT2D eigenvalue weighted by Crippen LogP contribution is -2.08. The molecule has 0 saturated carbocycles. The molecule has 1 N–H and O–H groups in total. The Balaban J connectivity index is 1.74. The highest BCUT2D eigenvalue weighted by Gasteiger charge is 2.22. The van der Waals surface area contributed by atoms with Crippen LogP contribution in [0.5, 0.6) is 0 Å². The van der Waals surface area contributed by atoms with Gasteiger partial charge in [-0.3, -0.25) is 4.79 Å². The van der Waals surface area contributed by atoms with Gasteiger partial charge < -0.3 is 4.98 Å². The van der Waals surface area contributed by atoms with Gasteiger partial charge in [0.05, 0.1) is 0 Å². The minimum Gasteiger partial charge on any atom is -0.361 e. The van der Waals surface area contributed by atoms with Crippen LogP contribution < -0.4 is 0 Å². The molecule has 1 unspecified atom stereocenters. The first-order chi connectivity index (χ1) is 11.8. The molecule has 0 aliphatic carbocycles. The average Bonchev–Trinajstić information content (AvgIpc) is 3.30. The van der Waals surface area contributed by atoms with Crippen LogP contribution in [0.1, 0.15) is 33.8 Å². The van der Waals surface area contributed by atoms with Gasteiger partial charge >= 0.3 is 0 Å². The average molecular weight is 331 g/mol. The normalized spacial score (nSPS) is 12.3. The smallest absolute Gasteiger partial charge is 0.163 e. The maximum Gasteiger partial charge on any atom is 0.163 e. The second-order valence-corrected chi connectivity index (χ2v) is 6.67. The second-order valence-electron chi connectivity index (χ2n) is 5.89. The van der Waals surface area contributed by atoms with E-state index in [4.69, 9.17) is 0 Å². The van der Waals surface area contributed by atoms with E-state index in [1.165, 1.54) is 16.5 Å². The van der Waals surface area contributed by atoms with Crippen LogP contribution in [0.25, 0.3) is 10.9 Å². The molecule has 3 heteroatoms. The van der Waals surface area contributed by atoms with Crippen molar-refractivity contribution in [2.24, 2.45) is 0 Å². The van der Waals surface area contributed by atoms with Crippen molar-refractivity contribution in [1.29, 1.82) is 0 Å². The highest BCUT2D eigenvalue weighted by molar-refractivity contribution is 7.08. The van der Waals surface area contributed by atoms with Gasteiger partial charge in [0.15, 0.2) is 5.78 Å². The van der Waals surface area contributed by atoms with Crippen LogP contribution in [-0.2, 0) is 0 Å². The molecule has 24 heavy (non-hydrogen) atoms. The molecule has 2 aromatic heterocycles. The molecule has 0 fully saturated rings. The van der Waals surface area contributed by atoms with Gasteiger partial charge in [0, 0.05) is 35.0 Å². The van der Waals surface area contributed by atoms with E-state index < -0.39 is 0 Å². The van der Waals surface area contributed by atoms with Crippen molar-refractivity contribution >= 4 is 28.0 Å². The fourth-order valence-corrected chi connectivity index (χ4v) is 3.90. The van der Waals surface area contributed by atoms with Gasteiger partial charge in [-0.05, 0) is 34.0 Å². The lowest BCUT2D eigenvalue weighted by atomic mass is 9.87. The SMILES string of the molecule is O=C(CC(c1ccsc1)c1c[nH]c2ccccc12)c1ccccc1. The second kappa shape index (κ2) is 6.46. The van der Waals surface area contributed by atoms with Gasteiger partial charge in [-0.25, -0.2) is 0 Å². The highest BCUT2D eigenvalue weighted by atomic mass is 32.1. The molecule has 4 rings (SSSR count). The summed E-state index contributed by atoms with van der Waals surface area (Å²) in [5.74, 6) is 0.247. The van der Waals surface area contributed by atoms with Crippen LogP contribution in [0.4, 0.5) is 0 Å². The van der Waals surface area contributed by atoms with Crippen molar-refractivity contribution < 1.29 is 4.79 Å². The van der Waals surface area contributed by atoms with Crippen LogP contribution in [0, 0.1) is 0 Å². The number of aromatic amines is 1. The molecule has 0 saturated heterocycles. The summed E-state index contributed by atoms with van der Waals surface area (Å²) in [6, 6.07) is 19.9. The van der Waals surface area contributed by atoms with Gasteiger partial charge in [-0.15, -0.1) is 0 Å². The maximum atomic E-state index is 12.8. The predicted molar refractivity (Wildman–Crippen MR) is 99.9 cm³/mol. The first-order valence-corrected chi connectivity index (χ1v) is 8.93. The van der Waals surface area contributed by atoms with Gasteiger partial charge in [0.2, 0.25) is 0 Å². The number of Topliss-reactive ketones (excluding diaryl/α,β-unsaturated/α-hetero) is 1. The third kappa shape index (κ3) is 2.79. The lowest BCUT2D eigenvalue weighted by Gasteiger charge is -2.15. The summed E-state index contributed by atoms with van der Waals surface area (Å²) >= 11 is 1.67. The molecular formula is C21H17NOS. The minimum atomic E-state index is 0.0695. The van der Waals surface area contributed by atoms with Crippen LogP contribution in [0.15, 0.2) is 77.6 Å². The number of H-pyrrole nitrogens is 1.